The van der Waals surface area contributed by atoms with Gasteiger partial charge in [0.25, 0.3) is 5.91 Å². The molecule has 0 radical (unpaired) electrons. The summed E-state index contributed by atoms with van der Waals surface area (Å²) >= 11 is 0. The number of imidazole rings is 1. The Morgan fingerprint density at radius 2 is 1.87 bits per heavy atom. The van der Waals surface area contributed by atoms with Crippen LogP contribution in [0.3, 0.4) is 0 Å². The molecule has 0 saturated carbocycles. The van der Waals surface area contributed by atoms with Crippen molar-refractivity contribution in [2.24, 2.45) is 0 Å². The molecule has 1 aliphatic rings. The monoisotopic (exact) mass is 507 g/mol. The number of carbonyl (C=O) groups is 1. The lowest BCUT2D eigenvalue weighted by Gasteiger charge is -2.32. The number of carbonyl (C=O) groups excluding carboxylic acids is 1. The standard InChI is InChI=1S/C26H25N11O/c1-15-13-36(18-6-10-35(11-7-18)26(38)23-30-14-31-34-23)25-20(15)21(27)37-24(33-25)19(12-32-37)16-2-4-17(5-3-16)22-28-8-9-29-22/h2-5,8-9,12-14,18H,6-7,10-11,27H2,1H3,(H,28,29)(H,30,31,34). The third-order valence-corrected chi connectivity index (χ3v) is 7.37. The van der Waals surface area contributed by atoms with Gasteiger partial charge in [-0.25, -0.2) is 15.0 Å². The van der Waals surface area contributed by atoms with E-state index in [1.807, 2.05) is 48.5 Å². The van der Waals surface area contributed by atoms with Crippen LogP contribution < -0.4 is 5.73 Å². The molecule has 1 amide bonds. The number of aromatic nitrogens is 9. The average molecular weight is 508 g/mol. The van der Waals surface area contributed by atoms with Crippen molar-refractivity contribution in [2.75, 3.05) is 18.8 Å². The van der Waals surface area contributed by atoms with Gasteiger partial charge in [-0.1, -0.05) is 24.3 Å². The number of hydrogen-bond donors (Lipinski definition) is 3. The summed E-state index contributed by atoms with van der Waals surface area (Å²) in [6.07, 6.45) is 10.4. The number of nitrogens with zero attached hydrogens (tertiary/aromatic N) is 8. The second-order valence-electron chi connectivity index (χ2n) is 9.58. The minimum absolute atomic E-state index is 0.124. The van der Waals surface area contributed by atoms with Crippen molar-refractivity contribution >= 4 is 28.4 Å². The molecule has 12 heteroatoms. The Kier molecular flexibility index (Phi) is 4.99. The second-order valence-corrected chi connectivity index (χ2v) is 9.58. The van der Waals surface area contributed by atoms with Crippen molar-refractivity contribution in [1.29, 1.82) is 0 Å². The lowest BCUT2D eigenvalue weighted by Crippen LogP contribution is -2.39. The van der Waals surface area contributed by atoms with Crippen molar-refractivity contribution in [2.45, 2.75) is 25.8 Å². The van der Waals surface area contributed by atoms with Crippen LogP contribution in [0.5, 0.6) is 0 Å². The quantitative estimate of drug-likeness (QED) is 0.331. The van der Waals surface area contributed by atoms with Crippen LogP contribution in [-0.2, 0) is 0 Å². The number of fused-ring (bicyclic) bond motifs is 2. The van der Waals surface area contributed by atoms with Crippen LogP contribution in [0.15, 0.2) is 55.4 Å². The third kappa shape index (κ3) is 3.44. The van der Waals surface area contributed by atoms with Gasteiger partial charge in [0.05, 0.1) is 11.6 Å². The van der Waals surface area contributed by atoms with Crippen LogP contribution in [0.4, 0.5) is 5.82 Å². The Morgan fingerprint density at radius 1 is 1.08 bits per heavy atom. The van der Waals surface area contributed by atoms with Gasteiger partial charge < -0.3 is 20.2 Å². The predicted molar refractivity (Wildman–Crippen MR) is 141 cm³/mol. The summed E-state index contributed by atoms with van der Waals surface area (Å²) in [5.74, 6) is 1.54. The first-order chi connectivity index (χ1) is 18.6. The fourth-order valence-corrected chi connectivity index (χ4v) is 5.42. The number of nitrogens with two attached hydrogens (primary N) is 1. The molecule has 1 aromatic carbocycles. The van der Waals surface area contributed by atoms with Crippen molar-refractivity contribution in [3.05, 3.63) is 66.8 Å². The van der Waals surface area contributed by atoms with E-state index in [4.69, 9.17) is 10.7 Å². The summed E-state index contributed by atoms with van der Waals surface area (Å²) in [4.78, 5) is 31.1. The van der Waals surface area contributed by atoms with E-state index >= 15 is 0 Å². The molecular formula is C26H25N11O. The van der Waals surface area contributed by atoms with Gasteiger partial charge in [-0.05, 0) is 30.9 Å². The van der Waals surface area contributed by atoms with Crippen molar-refractivity contribution < 1.29 is 4.79 Å². The van der Waals surface area contributed by atoms with E-state index in [0.717, 1.165) is 52.0 Å². The smallest absolute Gasteiger partial charge is 0.291 e. The fraction of sp³-hybridized carbons (Fsp3) is 0.231. The van der Waals surface area contributed by atoms with Crippen LogP contribution in [-0.4, -0.2) is 68.2 Å². The first-order valence-electron chi connectivity index (χ1n) is 12.5. The average Bonchev–Trinajstić information content (AvgIpc) is 3.76. The number of anilines is 1. The molecule has 6 heterocycles. The number of piperidine rings is 1. The molecule has 0 spiro atoms. The van der Waals surface area contributed by atoms with Crippen LogP contribution >= 0.6 is 0 Å². The molecule has 0 atom stereocenters. The van der Waals surface area contributed by atoms with E-state index in [2.05, 4.69) is 41.0 Å². The molecule has 6 aromatic rings. The number of nitrogen functional groups attached to an aromatic ring is 1. The number of amides is 1. The van der Waals surface area contributed by atoms with E-state index in [1.54, 1.807) is 10.7 Å². The molecule has 1 saturated heterocycles. The number of hydrogen-bond acceptors (Lipinski definition) is 7. The van der Waals surface area contributed by atoms with Crippen molar-refractivity contribution in [3.63, 3.8) is 0 Å². The van der Waals surface area contributed by atoms with E-state index in [-0.39, 0.29) is 17.8 Å². The molecule has 12 nitrogen and oxygen atoms in total. The van der Waals surface area contributed by atoms with Gasteiger partial charge in [0.15, 0.2) is 5.65 Å². The normalized spacial score (nSPS) is 14.6. The molecular weight excluding hydrogens is 482 g/mol. The summed E-state index contributed by atoms with van der Waals surface area (Å²) in [5.41, 5.74) is 12.2. The Bertz CT molecular complexity index is 1750. The first-order valence-corrected chi connectivity index (χ1v) is 12.5. The van der Waals surface area contributed by atoms with Crippen LogP contribution in [0.25, 0.3) is 39.2 Å². The highest BCUT2D eigenvalue weighted by atomic mass is 16.2. The van der Waals surface area contributed by atoms with E-state index in [9.17, 15) is 4.79 Å². The van der Waals surface area contributed by atoms with Gasteiger partial charge in [0.2, 0.25) is 5.82 Å². The van der Waals surface area contributed by atoms with Crippen molar-refractivity contribution in [3.8, 4) is 22.5 Å². The lowest BCUT2D eigenvalue weighted by molar-refractivity contribution is 0.0684. The first kappa shape index (κ1) is 22.2. The molecule has 38 heavy (non-hydrogen) atoms. The predicted octanol–water partition coefficient (Wildman–Crippen LogP) is 3.23. The Balaban J connectivity index is 1.23. The maximum absolute atomic E-state index is 12.7. The molecule has 7 rings (SSSR count). The molecule has 0 unspecified atom stereocenters. The zero-order valence-electron chi connectivity index (χ0n) is 20.7. The number of rotatable bonds is 4. The molecule has 1 fully saturated rings. The van der Waals surface area contributed by atoms with Crippen molar-refractivity contribution in [1.82, 2.24) is 49.2 Å². The topological polar surface area (TPSA) is 152 Å². The third-order valence-electron chi connectivity index (χ3n) is 7.37. The molecule has 0 bridgehead atoms. The summed E-state index contributed by atoms with van der Waals surface area (Å²) in [5, 5.41) is 11.9. The molecule has 4 N–H and O–H groups in total. The van der Waals surface area contributed by atoms with E-state index in [1.165, 1.54) is 6.33 Å². The van der Waals surface area contributed by atoms with Gasteiger partial charge >= 0.3 is 0 Å². The Labute approximate surface area is 216 Å². The number of nitrogens with one attached hydrogen (secondary N) is 2. The summed E-state index contributed by atoms with van der Waals surface area (Å²) in [6.45, 7) is 3.30. The van der Waals surface area contributed by atoms with E-state index < -0.39 is 0 Å². The lowest BCUT2D eigenvalue weighted by atomic mass is 10.0. The second kappa shape index (κ2) is 8.54. The summed E-state index contributed by atoms with van der Waals surface area (Å²) in [7, 11) is 0. The highest BCUT2D eigenvalue weighted by Gasteiger charge is 2.28. The summed E-state index contributed by atoms with van der Waals surface area (Å²) in [6, 6.07) is 8.34. The Morgan fingerprint density at radius 3 is 2.58 bits per heavy atom. The highest BCUT2D eigenvalue weighted by Crippen LogP contribution is 2.35. The van der Waals surface area contributed by atoms with Crippen LogP contribution in [0.1, 0.15) is 35.1 Å². The molecule has 1 aliphatic heterocycles. The largest absolute Gasteiger partial charge is 0.383 e. The van der Waals surface area contributed by atoms with Crippen LogP contribution in [0, 0.1) is 6.92 Å². The molecule has 5 aromatic heterocycles. The SMILES string of the molecule is Cc1cn(C2CCN(C(=O)c3ncn[nH]3)CC2)c2nc3c(-c4ccc(-c5ncc[nH]5)cc4)cnn3c(N)c12. The van der Waals surface area contributed by atoms with Gasteiger partial charge in [-0.15, -0.1) is 0 Å². The number of likely N-dealkylation sites (tertiary alicyclic amines) is 1. The minimum atomic E-state index is -0.124. The van der Waals surface area contributed by atoms with Crippen LogP contribution in [0.2, 0.25) is 0 Å². The maximum Gasteiger partial charge on any atom is 0.291 e. The van der Waals surface area contributed by atoms with E-state index in [0.29, 0.717) is 24.6 Å². The maximum atomic E-state index is 12.7. The molecule has 190 valence electrons. The molecule has 0 aliphatic carbocycles. The van der Waals surface area contributed by atoms with Gasteiger partial charge in [0.1, 0.15) is 23.6 Å². The zero-order chi connectivity index (χ0) is 25.8. The number of aromatic amines is 2. The number of aryl methyl sites for hydroxylation is 1. The fourth-order valence-electron chi connectivity index (χ4n) is 5.42. The highest BCUT2D eigenvalue weighted by molar-refractivity contribution is 5.94. The van der Waals surface area contributed by atoms with Gasteiger partial charge in [-0.2, -0.15) is 14.7 Å². The minimum Gasteiger partial charge on any atom is -0.383 e. The van der Waals surface area contributed by atoms with Gasteiger partial charge in [0, 0.05) is 48.8 Å². The summed E-state index contributed by atoms with van der Waals surface area (Å²) < 4.78 is 3.93. The number of benzene rings is 1. The Hall–Kier alpha value is -5.00. The zero-order valence-corrected chi connectivity index (χ0v) is 20.7. The number of H-pyrrole nitrogens is 2. The van der Waals surface area contributed by atoms with Gasteiger partial charge in [-0.3, -0.25) is 9.89 Å².